The molecule has 1 unspecified atom stereocenters. The largest absolute Gasteiger partial charge is 0.481 e. The number of carbonyl (C=O) groups is 2. The van der Waals surface area contributed by atoms with Gasteiger partial charge in [-0.15, -0.1) is 0 Å². The summed E-state index contributed by atoms with van der Waals surface area (Å²) in [6.45, 7) is 8.35. The first kappa shape index (κ1) is 16.8. The second-order valence-corrected chi connectivity index (χ2v) is 5.31. The van der Waals surface area contributed by atoms with E-state index in [1.165, 1.54) is 0 Å². The third-order valence-electron chi connectivity index (χ3n) is 3.03. The summed E-state index contributed by atoms with van der Waals surface area (Å²) >= 11 is 0. The fourth-order valence-electron chi connectivity index (χ4n) is 1.99. The minimum Gasteiger partial charge on any atom is -0.481 e. The van der Waals surface area contributed by atoms with Crippen molar-refractivity contribution in [1.29, 1.82) is 0 Å². The van der Waals surface area contributed by atoms with Gasteiger partial charge in [-0.2, -0.15) is 0 Å². The number of hydrogen-bond acceptors (Lipinski definition) is 3. The Morgan fingerprint density at radius 3 is 2.24 bits per heavy atom. The maximum Gasteiger partial charge on any atom is 0.308 e. The summed E-state index contributed by atoms with van der Waals surface area (Å²) in [5.41, 5.74) is 2.51. The van der Waals surface area contributed by atoms with E-state index in [-0.39, 0.29) is 6.42 Å². The molecule has 0 saturated carbocycles. The molecule has 1 rings (SSSR count). The molecule has 0 spiro atoms. The maximum absolute atomic E-state index is 11.0. The van der Waals surface area contributed by atoms with Crippen molar-refractivity contribution in [2.75, 3.05) is 18.0 Å². The van der Waals surface area contributed by atoms with Gasteiger partial charge in [0.05, 0.1) is 12.3 Å². The van der Waals surface area contributed by atoms with E-state index in [9.17, 15) is 9.59 Å². The molecule has 114 valence electrons. The molecule has 2 N–H and O–H groups in total. The van der Waals surface area contributed by atoms with Gasteiger partial charge < -0.3 is 15.1 Å². The van der Waals surface area contributed by atoms with Gasteiger partial charge in [-0.3, -0.25) is 9.59 Å². The van der Waals surface area contributed by atoms with Crippen molar-refractivity contribution in [2.24, 2.45) is 5.92 Å². The molecule has 0 aromatic heterocycles. The highest BCUT2D eigenvalue weighted by atomic mass is 16.4. The molecule has 0 bridgehead atoms. The molecule has 5 nitrogen and oxygen atoms in total. The van der Waals surface area contributed by atoms with Crippen LogP contribution in [0, 0.1) is 5.92 Å². The molecule has 0 saturated heterocycles. The van der Waals surface area contributed by atoms with Crippen molar-refractivity contribution < 1.29 is 19.8 Å². The Balaban J connectivity index is 2.89. The average Bonchev–Trinajstić information content (AvgIpc) is 2.37. The highest BCUT2D eigenvalue weighted by Gasteiger charge is 2.16. The molecule has 21 heavy (non-hydrogen) atoms. The molecule has 1 aromatic carbocycles. The van der Waals surface area contributed by atoms with Crippen molar-refractivity contribution in [3.63, 3.8) is 0 Å². The molecule has 0 fully saturated rings. The molecule has 0 aliphatic carbocycles. The second-order valence-electron chi connectivity index (χ2n) is 5.31. The number of rotatable bonds is 8. The Morgan fingerprint density at radius 2 is 1.81 bits per heavy atom. The van der Waals surface area contributed by atoms with Gasteiger partial charge in [0, 0.05) is 18.8 Å². The fraction of sp³-hybridized carbons (Fsp3) is 0.375. The molecule has 0 radical (unpaired) electrons. The van der Waals surface area contributed by atoms with Gasteiger partial charge in [-0.05, 0) is 24.6 Å². The molecule has 0 heterocycles. The second kappa shape index (κ2) is 7.47. The van der Waals surface area contributed by atoms with E-state index >= 15 is 0 Å². The van der Waals surface area contributed by atoms with Crippen LogP contribution in [0.25, 0.3) is 0 Å². The quantitative estimate of drug-likeness (QED) is 0.719. The Bertz CT molecular complexity index is 522. The van der Waals surface area contributed by atoms with Crippen molar-refractivity contribution in [3.05, 3.63) is 42.0 Å². The molecule has 1 atom stereocenters. The van der Waals surface area contributed by atoms with Crippen LogP contribution in [0.1, 0.15) is 19.4 Å². The van der Waals surface area contributed by atoms with Gasteiger partial charge in [0.25, 0.3) is 0 Å². The zero-order chi connectivity index (χ0) is 16.0. The fourth-order valence-corrected chi connectivity index (χ4v) is 1.99. The van der Waals surface area contributed by atoms with Crippen molar-refractivity contribution >= 4 is 17.6 Å². The van der Waals surface area contributed by atoms with Crippen LogP contribution in [0.4, 0.5) is 5.69 Å². The van der Waals surface area contributed by atoms with Crippen LogP contribution in [-0.4, -0.2) is 35.2 Å². The Morgan fingerprint density at radius 1 is 1.24 bits per heavy atom. The first-order chi connectivity index (χ1) is 9.79. The van der Waals surface area contributed by atoms with Crippen LogP contribution >= 0.6 is 0 Å². The summed E-state index contributed by atoms with van der Waals surface area (Å²) in [7, 11) is 0. The number of aliphatic carboxylic acids is 2. The number of carboxylic acid groups (broad SMARTS) is 2. The van der Waals surface area contributed by atoms with E-state index in [1.807, 2.05) is 24.0 Å². The zero-order valence-electron chi connectivity index (χ0n) is 12.4. The van der Waals surface area contributed by atoms with Crippen LogP contribution in [0.5, 0.6) is 0 Å². The van der Waals surface area contributed by atoms with Crippen LogP contribution in [0.2, 0.25) is 0 Å². The highest BCUT2D eigenvalue weighted by molar-refractivity contribution is 5.71. The summed E-state index contributed by atoms with van der Waals surface area (Å²) in [5.74, 6) is -2.21. The lowest BCUT2D eigenvalue weighted by Crippen LogP contribution is -2.33. The van der Waals surface area contributed by atoms with E-state index in [2.05, 4.69) is 6.58 Å². The summed E-state index contributed by atoms with van der Waals surface area (Å²) < 4.78 is 0. The van der Waals surface area contributed by atoms with Gasteiger partial charge >= 0.3 is 11.9 Å². The number of nitrogens with zero attached hydrogens (tertiary/aromatic N) is 1. The lowest BCUT2D eigenvalue weighted by molar-refractivity contribution is -0.141. The molecular formula is C16H21NO4. The third-order valence-corrected chi connectivity index (χ3v) is 3.03. The SMILES string of the molecule is C=C(C)CN(CC(C)C(=O)O)c1ccc(CC(=O)O)cc1. The van der Waals surface area contributed by atoms with Crippen molar-refractivity contribution in [3.8, 4) is 0 Å². The van der Waals surface area contributed by atoms with E-state index in [1.54, 1.807) is 19.1 Å². The van der Waals surface area contributed by atoms with E-state index < -0.39 is 17.9 Å². The lowest BCUT2D eigenvalue weighted by atomic mass is 10.1. The van der Waals surface area contributed by atoms with Gasteiger partial charge in [0.15, 0.2) is 0 Å². The molecule has 0 amide bonds. The Kier molecular flexibility index (Phi) is 5.96. The van der Waals surface area contributed by atoms with Crippen molar-refractivity contribution in [1.82, 2.24) is 0 Å². The smallest absolute Gasteiger partial charge is 0.308 e. The van der Waals surface area contributed by atoms with Crippen LogP contribution in [0.15, 0.2) is 36.4 Å². The third kappa shape index (κ3) is 5.69. The topological polar surface area (TPSA) is 77.8 Å². The minimum atomic E-state index is -0.874. The summed E-state index contributed by atoms with van der Waals surface area (Å²) in [6.07, 6.45) is -0.0215. The van der Waals surface area contributed by atoms with Crippen LogP contribution < -0.4 is 4.90 Å². The Labute approximate surface area is 124 Å². The summed E-state index contributed by atoms with van der Waals surface area (Å²) in [6, 6.07) is 7.13. The first-order valence-corrected chi connectivity index (χ1v) is 6.72. The maximum atomic E-state index is 11.0. The van der Waals surface area contributed by atoms with E-state index in [0.29, 0.717) is 18.7 Å². The molecule has 0 aliphatic rings. The first-order valence-electron chi connectivity index (χ1n) is 6.72. The minimum absolute atomic E-state index is 0.0215. The molecular weight excluding hydrogens is 270 g/mol. The molecule has 5 heteroatoms. The van der Waals surface area contributed by atoms with Gasteiger partial charge in [-0.25, -0.2) is 0 Å². The van der Waals surface area contributed by atoms with E-state index in [0.717, 1.165) is 11.3 Å². The average molecular weight is 291 g/mol. The number of anilines is 1. The van der Waals surface area contributed by atoms with E-state index in [4.69, 9.17) is 10.2 Å². The van der Waals surface area contributed by atoms with Crippen molar-refractivity contribution in [2.45, 2.75) is 20.3 Å². The normalized spacial score (nSPS) is 11.7. The summed E-state index contributed by atoms with van der Waals surface area (Å²) in [4.78, 5) is 23.6. The zero-order valence-corrected chi connectivity index (χ0v) is 12.4. The van der Waals surface area contributed by atoms with Crippen LogP contribution in [0.3, 0.4) is 0 Å². The predicted octanol–water partition coefficient (Wildman–Crippen LogP) is 2.42. The number of hydrogen-bond donors (Lipinski definition) is 2. The number of benzene rings is 1. The predicted molar refractivity (Wildman–Crippen MR) is 81.6 cm³/mol. The highest BCUT2D eigenvalue weighted by Crippen LogP contribution is 2.18. The van der Waals surface area contributed by atoms with Gasteiger partial charge in [0.2, 0.25) is 0 Å². The lowest BCUT2D eigenvalue weighted by Gasteiger charge is -2.27. The number of carboxylic acids is 2. The summed E-state index contributed by atoms with van der Waals surface area (Å²) in [5, 5.41) is 17.8. The monoisotopic (exact) mass is 291 g/mol. The molecule has 0 aliphatic heterocycles. The van der Waals surface area contributed by atoms with Gasteiger partial charge in [0.1, 0.15) is 0 Å². The van der Waals surface area contributed by atoms with Gasteiger partial charge in [-0.1, -0.05) is 31.2 Å². The Hall–Kier alpha value is -2.30. The molecule has 1 aromatic rings. The standard InChI is InChI=1S/C16H21NO4/c1-11(2)9-17(10-12(3)16(20)21)14-6-4-13(5-7-14)8-15(18)19/h4-7,12H,1,8-10H2,2-3H3,(H,18,19)(H,20,21). The van der Waals surface area contributed by atoms with Crippen LogP contribution in [-0.2, 0) is 16.0 Å².